The predicted molar refractivity (Wildman–Crippen MR) is 361 cm³/mol. The number of amides is 12. The number of likely N-dealkylation sites (tertiary alicyclic amines) is 1. The third-order valence-corrected chi connectivity index (χ3v) is 18.5. The first kappa shape index (κ1) is 82.2. The molecule has 0 radical (unpaired) electrons. The minimum atomic E-state index is -1.24. The number of likely N-dealkylation sites (N-methyl/N-ethyl adjacent to an activating group) is 4. The third-order valence-electron chi connectivity index (χ3n) is 18.5. The molecule has 12 atom stereocenters. The van der Waals surface area contributed by atoms with Crippen LogP contribution in [0.3, 0.4) is 0 Å². The van der Waals surface area contributed by atoms with Gasteiger partial charge in [-0.25, -0.2) is 4.79 Å². The molecule has 2 unspecified atom stereocenters. The molecule has 3 rings (SSSR count). The Bertz CT molecular complexity index is 2680. The van der Waals surface area contributed by atoms with Crippen molar-refractivity contribution >= 4 is 65.1 Å². The Balaban J connectivity index is 1.70. The van der Waals surface area contributed by atoms with Gasteiger partial charge in [0, 0.05) is 86.2 Å². The molecule has 0 aliphatic carbocycles. The van der Waals surface area contributed by atoms with Crippen LogP contribution in [0.2, 0.25) is 0 Å². The second-order valence-electron chi connectivity index (χ2n) is 26.3. The maximum absolute atomic E-state index is 14.9. The summed E-state index contributed by atoms with van der Waals surface area (Å²) in [4.78, 5) is 159. The average Bonchev–Trinajstić information content (AvgIpc) is 1.80. The van der Waals surface area contributed by atoms with Gasteiger partial charge in [-0.3, -0.25) is 52.8 Å². The number of benzene rings is 1. The van der Waals surface area contributed by atoms with E-state index in [0.717, 1.165) is 6.54 Å². The smallest absolute Gasteiger partial charge is 0.312 e. The number of ether oxygens (including phenoxy) is 2. The molecular weight excluding hydrogens is 1220 g/mol. The van der Waals surface area contributed by atoms with Crippen LogP contribution in [-0.2, 0) is 57.4 Å². The van der Waals surface area contributed by atoms with E-state index >= 15 is 0 Å². The van der Waals surface area contributed by atoms with E-state index < -0.39 is 126 Å². The van der Waals surface area contributed by atoms with Gasteiger partial charge in [-0.1, -0.05) is 113 Å². The Labute approximate surface area is 563 Å². The number of primary amides is 1. The van der Waals surface area contributed by atoms with Crippen molar-refractivity contribution in [2.75, 3.05) is 93.8 Å². The largest absolute Gasteiger partial charge is 0.386 e. The molecule has 536 valence electrons. The molecule has 1 aromatic carbocycles. The summed E-state index contributed by atoms with van der Waals surface area (Å²) >= 11 is 0. The van der Waals surface area contributed by atoms with E-state index in [9.17, 15) is 57.8 Å². The second-order valence-corrected chi connectivity index (χ2v) is 26.3. The zero-order valence-electron chi connectivity index (χ0n) is 59.4. The molecule has 0 saturated carbocycles. The lowest BCUT2D eigenvalue weighted by Crippen LogP contribution is -2.61. The van der Waals surface area contributed by atoms with Gasteiger partial charge in [0.1, 0.15) is 24.2 Å². The molecule has 2 aliphatic rings. The quantitative estimate of drug-likeness (QED) is 0.0344. The first-order valence-corrected chi connectivity index (χ1v) is 34.0. The molecule has 0 bridgehead atoms. The molecule has 27 nitrogen and oxygen atoms in total. The van der Waals surface area contributed by atoms with Crippen molar-refractivity contribution in [3.8, 4) is 0 Å². The number of imide groups is 1. The summed E-state index contributed by atoms with van der Waals surface area (Å²) in [7, 11) is 6.04. The molecule has 0 aromatic heterocycles. The average molecular weight is 1340 g/mol. The highest BCUT2D eigenvalue weighted by atomic mass is 16.5. The van der Waals surface area contributed by atoms with Crippen LogP contribution in [0.5, 0.6) is 0 Å². The molecule has 1 aromatic rings. The molecule has 2 heterocycles. The molecule has 12 amide bonds. The standard InChI is InChI=1S/C68H115N13O14/c1-17-45(10)60(51(94-15)40-55(85)80-35-24-29-50(80)62(95-16)46(11)63(88)72-47(12)61(87)48-26-21-20-22-27-48)77(14)67(92)58(43(6)7)75-66(91)59(44(8)9)76(13)56(86)41-71-64(89)49(28-23-33-70-68(69)93)73-65(90)57(42(4)5)74-52(82)32-37-79(19-3)39-38-78(18-2)34-25-36-81-53(83)30-31-54(81)84/h20-22,26-27,30-31,42-47,49-51,57-62,87H,17-19,23-25,28-29,32-41H2,1-16H3,(H,71,89)(H,72,88)(H,73,90)(H,74,82)(H,75,91)(H3,69,70,93)/t45-,46+,47+,49-,50-,51+,57?,58?,59-,60-,61+,62+/m0/s1. The van der Waals surface area contributed by atoms with Gasteiger partial charge in [0.15, 0.2) is 0 Å². The summed E-state index contributed by atoms with van der Waals surface area (Å²) in [6, 6.07) is 2.02. The Kier molecular flexibility index (Phi) is 35.6. The number of nitrogens with zero attached hydrogens (tertiary/aromatic N) is 6. The summed E-state index contributed by atoms with van der Waals surface area (Å²) in [5.41, 5.74) is 5.95. The maximum Gasteiger partial charge on any atom is 0.312 e. The summed E-state index contributed by atoms with van der Waals surface area (Å²) in [6.07, 6.45) is 2.75. The van der Waals surface area contributed by atoms with Gasteiger partial charge in [-0.15, -0.1) is 0 Å². The predicted octanol–water partition coefficient (Wildman–Crippen LogP) is 2.31. The van der Waals surface area contributed by atoms with Gasteiger partial charge >= 0.3 is 6.03 Å². The van der Waals surface area contributed by atoms with Gasteiger partial charge in [-0.05, 0) is 87.9 Å². The lowest BCUT2D eigenvalue weighted by molar-refractivity contribution is -0.148. The first-order chi connectivity index (χ1) is 44.9. The van der Waals surface area contributed by atoms with Crippen molar-refractivity contribution in [1.82, 2.24) is 61.3 Å². The second kappa shape index (κ2) is 41.1. The number of aliphatic hydroxyl groups excluding tert-OH is 1. The highest BCUT2D eigenvalue weighted by molar-refractivity contribution is 6.12. The number of carbonyl (C=O) groups excluding carboxylic acids is 11. The maximum atomic E-state index is 14.9. The summed E-state index contributed by atoms with van der Waals surface area (Å²) in [6.45, 7) is 26.0. The molecule has 1 saturated heterocycles. The van der Waals surface area contributed by atoms with E-state index in [2.05, 4.69) is 41.7 Å². The minimum absolute atomic E-state index is 0.000136. The highest BCUT2D eigenvalue weighted by Gasteiger charge is 2.44. The number of methoxy groups -OCH3 is 2. The molecular formula is C68H115N13O14. The van der Waals surface area contributed by atoms with E-state index in [4.69, 9.17) is 15.2 Å². The van der Waals surface area contributed by atoms with Crippen molar-refractivity contribution in [2.45, 2.75) is 195 Å². The number of carbonyl (C=O) groups is 11. The zero-order valence-corrected chi connectivity index (χ0v) is 59.4. The van der Waals surface area contributed by atoms with Crippen molar-refractivity contribution in [2.24, 2.45) is 35.3 Å². The van der Waals surface area contributed by atoms with Crippen molar-refractivity contribution in [3.63, 3.8) is 0 Å². The number of nitrogens with two attached hydrogens (primary N) is 1. The SMILES string of the molecule is CC[C@H](C)[C@@H]([C@@H](CC(=O)N1CCC[C@H]1[C@H](OC)[C@@H](C)C(=O)N[C@H](C)[C@@H](O)c1ccccc1)OC)N(C)C(=O)C(NC(=O)[C@H](C(C)C)N(C)C(=O)CNC(=O)[C@H](CCCNC(N)=O)NC(=O)C(NC(=O)CCN(CC)CCN(CC)CCCN1C(=O)C=CC1=O)C(C)C)C(C)C. The van der Waals surface area contributed by atoms with Gasteiger partial charge in [0.25, 0.3) is 11.8 Å². The van der Waals surface area contributed by atoms with E-state index in [-0.39, 0.29) is 67.7 Å². The van der Waals surface area contributed by atoms with Crippen LogP contribution >= 0.6 is 0 Å². The fourth-order valence-corrected chi connectivity index (χ4v) is 12.5. The lowest BCUT2D eigenvalue weighted by atomic mass is 9.89. The van der Waals surface area contributed by atoms with Gasteiger partial charge in [0.05, 0.1) is 55.3 Å². The van der Waals surface area contributed by atoms with E-state index in [1.807, 2.05) is 45.9 Å². The van der Waals surface area contributed by atoms with Gasteiger partial charge < -0.3 is 76.7 Å². The van der Waals surface area contributed by atoms with Crippen LogP contribution in [-0.4, -0.2) is 248 Å². The Morgan fingerprint density at radius 2 is 1.31 bits per heavy atom. The topological polar surface area (TPSA) is 344 Å². The van der Waals surface area contributed by atoms with Crippen LogP contribution in [0.4, 0.5) is 4.79 Å². The molecule has 0 spiro atoms. The van der Waals surface area contributed by atoms with Crippen LogP contribution in [0.15, 0.2) is 42.5 Å². The Morgan fingerprint density at radius 1 is 0.695 bits per heavy atom. The molecule has 95 heavy (non-hydrogen) atoms. The summed E-state index contributed by atoms with van der Waals surface area (Å²) < 4.78 is 12.1. The number of aliphatic hydroxyl groups is 1. The number of hydrogen-bond donors (Lipinski definition) is 8. The van der Waals surface area contributed by atoms with E-state index in [1.54, 1.807) is 79.5 Å². The van der Waals surface area contributed by atoms with Crippen LogP contribution in [0.25, 0.3) is 0 Å². The first-order valence-electron chi connectivity index (χ1n) is 34.0. The molecule has 27 heteroatoms. The third kappa shape index (κ3) is 25.1. The fraction of sp³-hybridized carbons (Fsp3) is 0.721. The Hall–Kier alpha value is -7.07. The highest BCUT2D eigenvalue weighted by Crippen LogP contribution is 2.30. The van der Waals surface area contributed by atoms with Crippen molar-refractivity contribution in [1.29, 1.82) is 0 Å². The molecule has 2 aliphatic heterocycles. The summed E-state index contributed by atoms with van der Waals surface area (Å²) in [5.74, 6) is -6.97. The van der Waals surface area contributed by atoms with Crippen molar-refractivity contribution in [3.05, 3.63) is 48.0 Å². The number of urea groups is 1. The fourth-order valence-electron chi connectivity index (χ4n) is 12.5. The van der Waals surface area contributed by atoms with Crippen LogP contribution in [0.1, 0.15) is 146 Å². The van der Waals surface area contributed by atoms with Crippen LogP contribution < -0.4 is 37.6 Å². The van der Waals surface area contributed by atoms with E-state index in [0.29, 0.717) is 77.1 Å². The number of hydrogen-bond acceptors (Lipinski definition) is 16. The monoisotopic (exact) mass is 1340 g/mol. The van der Waals surface area contributed by atoms with Crippen molar-refractivity contribution < 1.29 is 67.3 Å². The number of rotatable bonds is 43. The normalized spacial score (nSPS) is 17.6. The van der Waals surface area contributed by atoms with Gasteiger partial charge in [0.2, 0.25) is 47.3 Å². The van der Waals surface area contributed by atoms with Gasteiger partial charge in [-0.2, -0.15) is 0 Å². The minimum Gasteiger partial charge on any atom is -0.386 e. The van der Waals surface area contributed by atoms with Crippen LogP contribution in [0, 0.1) is 29.6 Å². The summed E-state index contributed by atoms with van der Waals surface area (Å²) in [5, 5.41) is 27.5. The number of nitrogens with one attached hydrogen (secondary N) is 6. The van der Waals surface area contributed by atoms with E-state index in [1.165, 1.54) is 48.1 Å². The lowest BCUT2D eigenvalue weighted by Gasteiger charge is -2.41. The molecule has 9 N–H and O–H groups in total. The molecule has 1 fully saturated rings. The zero-order chi connectivity index (χ0) is 71.4. The Morgan fingerprint density at radius 3 is 1.85 bits per heavy atom.